The summed E-state index contributed by atoms with van der Waals surface area (Å²) in [4.78, 5) is 25.6. The number of nitrogens with one attached hydrogen (secondary N) is 1. The van der Waals surface area contributed by atoms with E-state index in [-0.39, 0.29) is 11.8 Å². The van der Waals surface area contributed by atoms with Gasteiger partial charge in [-0.05, 0) is 36.6 Å². The van der Waals surface area contributed by atoms with Crippen LogP contribution in [0.5, 0.6) is 0 Å². The van der Waals surface area contributed by atoms with Gasteiger partial charge in [0.15, 0.2) is 0 Å². The molecule has 1 aliphatic heterocycles. The van der Waals surface area contributed by atoms with Crippen LogP contribution in [-0.2, 0) is 11.2 Å². The van der Waals surface area contributed by atoms with E-state index in [2.05, 4.69) is 12.2 Å². The average molecular weight is 330 g/mol. The minimum Gasteiger partial charge on any atom is -0.352 e. The number of anilines is 1. The average Bonchev–Trinajstić information content (AvgIpc) is 3.00. The van der Waals surface area contributed by atoms with E-state index in [0.717, 1.165) is 30.6 Å². The third kappa shape index (κ3) is 5.08. The van der Waals surface area contributed by atoms with Gasteiger partial charge in [0, 0.05) is 31.3 Å². The fraction of sp³-hybridized carbons (Fsp3) is 0.600. The van der Waals surface area contributed by atoms with E-state index in [4.69, 9.17) is 0 Å². The SMILES string of the molecule is CCCCCCCCCNC(=O)c1ccc2c(c1)CCN2C(C)=O. The van der Waals surface area contributed by atoms with Crippen molar-refractivity contribution >= 4 is 17.5 Å². The van der Waals surface area contributed by atoms with Crippen molar-refractivity contribution < 1.29 is 9.59 Å². The molecule has 24 heavy (non-hydrogen) atoms. The molecule has 1 aromatic carbocycles. The van der Waals surface area contributed by atoms with Crippen LogP contribution in [0.4, 0.5) is 5.69 Å². The Labute approximate surface area is 145 Å². The van der Waals surface area contributed by atoms with Crippen molar-refractivity contribution in [1.82, 2.24) is 5.32 Å². The number of nitrogens with zero attached hydrogens (tertiary/aromatic N) is 1. The first-order valence-corrected chi connectivity index (χ1v) is 9.32. The van der Waals surface area contributed by atoms with Gasteiger partial charge in [-0.2, -0.15) is 0 Å². The summed E-state index contributed by atoms with van der Waals surface area (Å²) in [6.45, 7) is 5.27. The van der Waals surface area contributed by atoms with Crippen molar-refractivity contribution in [2.45, 2.75) is 65.2 Å². The van der Waals surface area contributed by atoms with Gasteiger partial charge in [-0.15, -0.1) is 0 Å². The normalized spacial score (nSPS) is 13.0. The number of fused-ring (bicyclic) bond motifs is 1. The maximum Gasteiger partial charge on any atom is 0.251 e. The predicted octanol–water partition coefficient (Wildman–Crippen LogP) is 4.08. The number of amides is 2. The number of carbonyl (C=O) groups excluding carboxylic acids is 2. The zero-order valence-electron chi connectivity index (χ0n) is 15.1. The molecule has 4 nitrogen and oxygen atoms in total. The van der Waals surface area contributed by atoms with Crippen LogP contribution in [0.2, 0.25) is 0 Å². The lowest BCUT2D eigenvalue weighted by Gasteiger charge is -2.14. The Morgan fingerprint density at radius 3 is 2.50 bits per heavy atom. The van der Waals surface area contributed by atoms with E-state index in [1.807, 2.05) is 18.2 Å². The lowest BCUT2D eigenvalue weighted by molar-refractivity contribution is -0.116. The van der Waals surface area contributed by atoms with Gasteiger partial charge in [-0.25, -0.2) is 0 Å². The zero-order valence-corrected chi connectivity index (χ0v) is 15.1. The van der Waals surface area contributed by atoms with Gasteiger partial charge in [0.05, 0.1) is 0 Å². The fourth-order valence-electron chi connectivity index (χ4n) is 3.26. The number of rotatable bonds is 9. The van der Waals surface area contributed by atoms with E-state index in [1.54, 1.807) is 11.8 Å². The summed E-state index contributed by atoms with van der Waals surface area (Å²) in [5.41, 5.74) is 2.74. The Kier molecular flexibility index (Phi) is 7.29. The lowest BCUT2D eigenvalue weighted by Crippen LogP contribution is -2.26. The van der Waals surface area contributed by atoms with Crippen LogP contribution in [0.15, 0.2) is 18.2 Å². The predicted molar refractivity (Wildman–Crippen MR) is 98.5 cm³/mol. The highest BCUT2D eigenvalue weighted by Gasteiger charge is 2.22. The van der Waals surface area contributed by atoms with Crippen LogP contribution < -0.4 is 10.2 Å². The highest BCUT2D eigenvalue weighted by molar-refractivity contribution is 5.97. The largest absolute Gasteiger partial charge is 0.352 e. The summed E-state index contributed by atoms with van der Waals surface area (Å²) in [5, 5.41) is 3.01. The van der Waals surface area contributed by atoms with Crippen molar-refractivity contribution in [2.75, 3.05) is 18.0 Å². The van der Waals surface area contributed by atoms with Gasteiger partial charge >= 0.3 is 0 Å². The van der Waals surface area contributed by atoms with Crippen LogP contribution in [0.3, 0.4) is 0 Å². The fourth-order valence-corrected chi connectivity index (χ4v) is 3.26. The Bertz CT molecular complexity index is 569. The van der Waals surface area contributed by atoms with E-state index < -0.39 is 0 Å². The molecule has 0 aliphatic carbocycles. The molecule has 0 radical (unpaired) electrons. The molecule has 0 aromatic heterocycles. The number of hydrogen-bond acceptors (Lipinski definition) is 2. The number of unbranched alkanes of at least 4 members (excludes halogenated alkanes) is 6. The third-order valence-electron chi connectivity index (χ3n) is 4.68. The molecule has 1 heterocycles. The van der Waals surface area contributed by atoms with Gasteiger partial charge in [-0.3, -0.25) is 9.59 Å². The molecule has 1 aromatic rings. The first-order valence-electron chi connectivity index (χ1n) is 9.32. The molecular weight excluding hydrogens is 300 g/mol. The van der Waals surface area contributed by atoms with Crippen LogP contribution >= 0.6 is 0 Å². The van der Waals surface area contributed by atoms with Crippen molar-refractivity contribution in [2.24, 2.45) is 0 Å². The molecule has 2 rings (SSSR count). The summed E-state index contributed by atoms with van der Waals surface area (Å²) in [7, 11) is 0. The number of carbonyl (C=O) groups is 2. The van der Waals surface area contributed by atoms with Crippen LogP contribution in [0, 0.1) is 0 Å². The van der Waals surface area contributed by atoms with Gasteiger partial charge in [0.2, 0.25) is 5.91 Å². The van der Waals surface area contributed by atoms with Gasteiger partial charge in [-0.1, -0.05) is 45.4 Å². The van der Waals surface area contributed by atoms with Crippen molar-refractivity contribution in [3.05, 3.63) is 29.3 Å². The van der Waals surface area contributed by atoms with Crippen molar-refractivity contribution in [1.29, 1.82) is 0 Å². The molecule has 0 atom stereocenters. The molecule has 4 heteroatoms. The Morgan fingerprint density at radius 2 is 1.79 bits per heavy atom. The zero-order chi connectivity index (χ0) is 17.4. The number of benzene rings is 1. The highest BCUT2D eigenvalue weighted by atomic mass is 16.2. The second kappa shape index (κ2) is 9.45. The third-order valence-corrected chi connectivity index (χ3v) is 4.68. The lowest BCUT2D eigenvalue weighted by atomic mass is 10.1. The van der Waals surface area contributed by atoms with E-state index >= 15 is 0 Å². The van der Waals surface area contributed by atoms with E-state index in [1.165, 1.54) is 38.5 Å². The maximum absolute atomic E-state index is 12.2. The second-order valence-electron chi connectivity index (χ2n) is 6.64. The van der Waals surface area contributed by atoms with E-state index in [0.29, 0.717) is 12.1 Å². The Morgan fingerprint density at radius 1 is 1.08 bits per heavy atom. The van der Waals surface area contributed by atoms with Crippen molar-refractivity contribution in [3.8, 4) is 0 Å². The Hall–Kier alpha value is -1.84. The first-order chi connectivity index (χ1) is 11.6. The topological polar surface area (TPSA) is 49.4 Å². The smallest absolute Gasteiger partial charge is 0.251 e. The molecule has 1 N–H and O–H groups in total. The summed E-state index contributed by atoms with van der Waals surface area (Å²) >= 11 is 0. The van der Waals surface area contributed by atoms with Crippen LogP contribution in [0.1, 0.15) is 74.7 Å². The molecule has 0 saturated carbocycles. The van der Waals surface area contributed by atoms with Crippen molar-refractivity contribution in [3.63, 3.8) is 0 Å². The van der Waals surface area contributed by atoms with Crippen LogP contribution in [-0.4, -0.2) is 24.9 Å². The maximum atomic E-state index is 12.2. The monoisotopic (exact) mass is 330 g/mol. The minimum absolute atomic E-state index is 0.00921. The van der Waals surface area contributed by atoms with Gasteiger partial charge in [0.1, 0.15) is 0 Å². The molecule has 0 spiro atoms. The minimum atomic E-state index is -0.00921. The molecular formula is C20H30N2O2. The Balaban J connectivity index is 1.73. The summed E-state index contributed by atoms with van der Waals surface area (Å²) in [6, 6.07) is 5.64. The second-order valence-corrected chi connectivity index (χ2v) is 6.64. The molecule has 0 bridgehead atoms. The van der Waals surface area contributed by atoms with Gasteiger partial charge in [0.25, 0.3) is 5.91 Å². The van der Waals surface area contributed by atoms with E-state index in [9.17, 15) is 9.59 Å². The summed E-state index contributed by atoms with van der Waals surface area (Å²) in [5.74, 6) is 0.0509. The standard InChI is InChI=1S/C20H30N2O2/c1-3-4-5-6-7-8-9-13-21-20(24)18-10-11-19-17(15-18)12-14-22(19)16(2)23/h10-11,15H,3-9,12-14H2,1-2H3,(H,21,24). The van der Waals surface area contributed by atoms with Gasteiger partial charge < -0.3 is 10.2 Å². The molecule has 132 valence electrons. The molecule has 0 unspecified atom stereocenters. The van der Waals surface area contributed by atoms with Crippen LogP contribution in [0.25, 0.3) is 0 Å². The summed E-state index contributed by atoms with van der Waals surface area (Å²) in [6.07, 6.45) is 9.55. The summed E-state index contributed by atoms with van der Waals surface area (Å²) < 4.78 is 0. The number of hydrogen-bond donors (Lipinski definition) is 1. The quantitative estimate of drug-likeness (QED) is 0.694. The molecule has 1 aliphatic rings. The molecule has 2 amide bonds. The molecule has 0 fully saturated rings. The highest BCUT2D eigenvalue weighted by Crippen LogP contribution is 2.28. The molecule has 0 saturated heterocycles. The first kappa shape index (κ1) is 18.5.